The standard InChI is InChI=1S/C23H34F3N5O4/c1-22(2,3)17(30-21(35)23(24,25)26)20(34)31(4)16(10-13-7-8-13)19(33)29-15(12-27)11-14-6-5-9-28-18(14)32/h13-17H,5-11H2,1-4H3,(H,28,32)(H,29,33)(H,30,35)/t14-,15-,16-,17+/m0/s1. The smallest absolute Gasteiger partial charge is 0.356 e. The number of hydrogen-bond acceptors (Lipinski definition) is 5. The molecule has 0 aromatic heterocycles. The maximum Gasteiger partial charge on any atom is 0.471 e. The van der Waals surface area contributed by atoms with E-state index in [1.54, 1.807) is 5.32 Å². The number of halogens is 3. The molecule has 4 atom stereocenters. The first-order valence-electron chi connectivity index (χ1n) is 11.8. The first kappa shape index (κ1) is 28.4. The Balaban J connectivity index is 2.18. The molecule has 2 aliphatic rings. The van der Waals surface area contributed by atoms with Gasteiger partial charge >= 0.3 is 12.1 Å². The molecule has 0 unspecified atom stereocenters. The van der Waals surface area contributed by atoms with Crippen LogP contribution >= 0.6 is 0 Å². The van der Waals surface area contributed by atoms with Crippen molar-refractivity contribution in [3.05, 3.63) is 0 Å². The Labute approximate surface area is 203 Å². The molecule has 1 aliphatic carbocycles. The quantitative estimate of drug-likeness (QED) is 0.442. The number of likely N-dealkylation sites (N-methyl/N-ethyl adjacent to an activating group) is 1. The van der Waals surface area contributed by atoms with Crippen molar-refractivity contribution in [2.24, 2.45) is 17.3 Å². The number of nitrogens with zero attached hydrogens (tertiary/aromatic N) is 2. The van der Waals surface area contributed by atoms with Crippen LogP contribution in [0.1, 0.15) is 59.3 Å². The van der Waals surface area contributed by atoms with Gasteiger partial charge in [0.25, 0.3) is 0 Å². The second kappa shape index (κ2) is 11.3. The van der Waals surface area contributed by atoms with Crippen LogP contribution in [-0.2, 0) is 19.2 Å². The van der Waals surface area contributed by atoms with Crippen LogP contribution in [0.25, 0.3) is 0 Å². The molecule has 1 heterocycles. The fourth-order valence-electron chi connectivity index (χ4n) is 4.09. The SMILES string of the molecule is CN(C(=O)[C@@H](NC(=O)C(F)(F)F)C(C)(C)C)[C@@H](CC1CC1)C(=O)N[C@H](C#N)C[C@@H]1CCCNC1=O. The van der Waals surface area contributed by atoms with Gasteiger partial charge in [0.05, 0.1) is 6.07 Å². The summed E-state index contributed by atoms with van der Waals surface area (Å²) in [5, 5.41) is 16.7. The number of carbonyl (C=O) groups is 4. The van der Waals surface area contributed by atoms with Crippen LogP contribution < -0.4 is 16.0 Å². The Bertz CT molecular complexity index is 861. The summed E-state index contributed by atoms with van der Waals surface area (Å²) in [6.07, 6.45) is -1.71. The predicted molar refractivity (Wildman–Crippen MR) is 119 cm³/mol. The lowest BCUT2D eigenvalue weighted by molar-refractivity contribution is -0.176. The zero-order chi connectivity index (χ0) is 26.6. The van der Waals surface area contributed by atoms with E-state index >= 15 is 0 Å². The molecule has 0 spiro atoms. The summed E-state index contributed by atoms with van der Waals surface area (Å²) in [7, 11) is 1.31. The lowest BCUT2D eigenvalue weighted by atomic mass is 9.85. The summed E-state index contributed by atoms with van der Waals surface area (Å²) in [5.41, 5.74) is -1.07. The van der Waals surface area contributed by atoms with E-state index in [0.29, 0.717) is 13.0 Å². The number of piperidine rings is 1. The van der Waals surface area contributed by atoms with E-state index < -0.39 is 53.4 Å². The van der Waals surface area contributed by atoms with Crippen LogP contribution in [0.3, 0.4) is 0 Å². The molecule has 12 heteroatoms. The molecule has 35 heavy (non-hydrogen) atoms. The molecule has 3 N–H and O–H groups in total. The average Bonchev–Trinajstić information content (AvgIpc) is 3.58. The minimum absolute atomic E-state index is 0.119. The Hall–Kier alpha value is -2.84. The normalized spacial score (nSPS) is 21.1. The van der Waals surface area contributed by atoms with E-state index in [0.717, 1.165) is 24.2 Å². The third-order valence-electron chi connectivity index (χ3n) is 6.41. The van der Waals surface area contributed by atoms with Gasteiger partial charge in [-0.2, -0.15) is 18.4 Å². The minimum Gasteiger partial charge on any atom is -0.356 e. The summed E-state index contributed by atoms with van der Waals surface area (Å²) in [4.78, 5) is 51.1. The first-order chi connectivity index (χ1) is 16.1. The fourth-order valence-corrected chi connectivity index (χ4v) is 4.09. The van der Waals surface area contributed by atoms with Crippen LogP contribution in [0.4, 0.5) is 13.2 Å². The molecule has 0 radical (unpaired) electrons. The molecule has 196 valence electrons. The second-order valence-corrected chi connectivity index (χ2v) is 10.5. The topological polar surface area (TPSA) is 131 Å². The zero-order valence-corrected chi connectivity index (χ0v) is 20.5. The molecule has 0 aromatic carbocycles. The van der Waals surface area contributed by atoms with Gasteiger partial charge in [-0.1, -0.05) is 33.6 Å². The highest BCUT2D eigenvalue weighted by Gasteiger charge is 2.45. The molecular weight excluding hydrogens is 467 g/mol. The minimum atomic E-state index is -5.17. The van der Waals surface area contributed by atoms with Gasteiger partial charge in [0.15, 0.2) is 0 Å². The number of nitrogens with one attached hydrogen (secondary N) is 3. The van der Waals surface area contributed by atoms with Gasteiger partial charge in [-0.15, -0.1) is 0 Å². The molecule has 4 amide bonds. The summed E-state index contributed by atoms with van der Waals surface area (Å²) in [6.45, 7) is 5.10. The van der Waals surface area contributed by atoms with Crippen molar-refractivity contribution in [1.82, 2.24) is 20.9 Å². The van der Waals surface area contributed by atoms with Crippen molar-refractivity contribution in [2.45, 2.75) is 83.6 Å². The number of alkyl halides is 3. The third kappa shape index (κ3) is 8.11. The van der Waals surface area contributed by atoms with E-state index in [1.165, 1.54) is 27.8 Å². The van der Waals surface area contributed by atoms with Crippen LogP contribution in [0.15, 0.2) is 0 Å². The second-order valence-electron chi connectivity index (χ2n) is 10.5. The van der Waals surface area contributed by atoms with Crippen molar-refractivity contribution in [2.75, 3.05) is 13.6 Å². The molecule has 2 rings (SSSR count). The maximum absolute atomic E-state index is 13.3. The number of rotatable bonds is 9. The molecule has 0 aromatic rings. The van der Waals surface area contributed by atoms with Crippen molar-refractivity contribution in [3.8, 4) is 6.07 Å². The zero-order valence-electron chi connectivity index (χ0n) is 20.5. The Morgan fingerprint density at radius 3 is 2.26 bits per heavy atom. The van der Waals surface area contributed by atoms with Gasteiger partial charge in [0.1, 0.15) is 18.1 Å². The molecule has 1 saturated heterocycles. The largest absolute Gasteiger partial charge is 0.471 e. The lowest BCUT2D eigenvalue weighted by Crippen LogP contribution is -2.60. The maximum atomic E-state index is 13.3. The van der Waals surface area contributed by atoms with E-state index in [2.05, 4.69) is 10.6 Å². The summed E-state index contributed by atoms with van der Waals surface area (Å²) in [6, 6.07) is -1.56. The predicted octanol–water partition coefficient (Wildman–Crippen LogP) is 1.63. The van der Waals surface area contributed by atoms with Gasteiger partial charge in [-0.05, 0) is 37.0 Å². The lowest BCUT2D eigenvalue weighted by Gasteiger charge is -2.36. The van der Waals surface area contributed by atoms with Crippen LogP contribution in [0, 0.1) is 28.6 Å². The average molecular weight is 502 g/mol. The summed E-state index contributed by atoms with van der Waals surface area (Å²) < 4.78 is 38.6. The highest BCUT2D eigenvalue weighted by molar-refractivity contribution is 5.93. The number of hydrogen-bond donors (Lipinski definition) is 3. The van der Waals surface area contributed by atoms with Crippen molar-refractivity contribution in [1.29, 1.82) is 5.26 Å². The van der Waals surface area contributed by atoms with Crippen molar-refractivity contribution < 1.29 is 32.3 Å². The molecular formula is C23H34F3N5O4. The molecule has 2 fully saturated rings. The number of carbonyl (C=O) groups excluding carboxylic acids is 4. The molecule has 0 bridgehead atoms. The molecule has 1 saturated carbocycles. The highest BCUT2D eigenvalue weighted by atomic mass is 19.4. The molecule has 9 nitrogen and oxygen atoms in total. The monoisotopic (exact) mass is 501 g/mol. The number of nitriles is 1. The third-order valence-corrected chi connectivity index (χ3v) is 6.41. The van der Waals surface area contributed by atoms with Gasteiger partial charge in [-0.3, -0.25) is 19.2 Å². The van der Waals surface area contributed by atoms with Crippen molar-refractivity contribution >= 4 is 23.6 Å². The Morgan fingerprint density at radius 2 is 1.77 bits per heavy atom. The van der Waals surface area contributed by atoms with Gasteiger partial charge in [0, 0.05) is 19.5 Å². The van der Waals surface area contributed by atoms with E-state index in [4.69, 9.17) is 0 Å². The van der Waals surface area contributed by atoms with E-state index in [9.17, 15) is 37.6 Å². The number of amides is 4. The van der Waals surface area contributed by atoms with Crippen LogP contribution in [0.5, 0.6) is 0 Å². The van der Waals surface area contributed by atoms with Crippen LogP contribution in [-0.4, -0.2) is 66.4 Å². The van der Waals surface area contributed by atoms with Gasteiger partial charge < -0.3 is 20.9 Å². The summed E-state index contributed by atoms with van der Waals surface area (Å²) in [5.74, 6) is -4.12. The molecule has 1 aliphatic heterocycles. The Morgan fingerprint density at radius 1 is 1.14 bits per heavy atom. The fraction of sp³-hybridized carbons (Fsp3) is 0.783. The Kier molecular flexibility index (Phi) is 9.14. The van der Waals surface area contributed by atoms with Gasteiger partial charge in [-0.25, -0.2) is 0 Å². The van der Waals surface area contributed by atoms with E-state index in [-0.39, 0.29) is 24.7 Å². The first-order valence-corrected chi connectivity index (χ1v) is 11.8. The highest BCUT2D eigenvalue weighted by Crippen LogP contribution is 2.35. The van der Waals surface area contributed by atoms with Gasteiger partial charge in [0.2, 0.25) is 17.7 Å². The van der Waals surface area contributed by atoms with E-state index in [1.807, 2.05) is 6.07 Å². The summed E-state index contributed by atoms with van der Waals surface area (Å²) >= 11 is 0. The van der Waals surface area contributed by atoms with Crippen LogP contribution in [0.2, 0.25) is 0 Å². The van der Waals surface area contributed by atoms with Crippen molar-refractivity contribution in [3.63, 3.8) is 0 Å².